The molecule has 0 radical (unpaired) electrons. The van der Waals surface area contributed by atoms with Gasteiger partial charge in [0.2, 0.25) is 0 Å². The van der Waals surface area contributed by atoms with Gasteiger partial charge in [-0.25, -0.2) is 0 Å². The van der Waals surface area contributed by atoms with Crippen molar-refractivity contribution < 1.29 is 23.0 Å². The minimum absolute atomic E-state index is 0.271. The van der Waals surface area contributed by atoms with Crippen LogP contribution in [0.3, 0.4) is 0 Å². The molecule has 0 N–H and O–H groups in total. The zero-order valence-corrected chi connectivity index (χ0v) is 9.01. The van der Waals surface area contributed by atoms with Gasteiger partial charge < -0.3 is 0 Å². The van der Waals surface area contributed by atoms with E-state index in [0.29, 0.717) is 0 Å². The Hall–Kier alpha value is 1.09. The molecule has 0 heterocycles. The van der Waals surface area contributed by atoms with Crippen LogP contribution in [0.5, 0.6) is 0 Å². The Morgan fingerprint density at radius 1 is 1.33 bits per heavy atom. The van der Waals surface area contributed by atoms with E-state index in [2.05, 4.69) is 13.8 Å². The summed E-state index contributed by atoms with van der Waals surface area (Å²) in [5.41, 5.74) is 0.271. The maximum absolute atomic E-state index is 2.31. The number of rotatable bonds is 2. The van der Waals surface area contributed by atoms with Gasteiger partial charge in [-0.15, -0.1) is 0 Å². The molecule has 0 amide bonds. The number of hydrogen-bond donors (Lipinski definition) is 0. The van der Waals surface area contributed by atoms with E-state index >= 15 is 0 Å². The average Bonchev–Trinajstić information content (AvgIpc) is 1.65. The molecular weight excluding hydrogens is 255 g/mol. The van der Waals surface area contributed by atoms with Crippen LogP contribution in [0, 0.1) is 0 Å². The van der Waals surface area contributed by atoms with Crippen molar-refractivity contribution in [3.63, 3.8) is 0 Å². The van der Waals surface area contributed by atoms with E-state index in [-0.39, 0.29) is 5.49 Å². The molecular formula is C4H10HfSi+2. The van der Waals surface area contributed by atoms with Gasteiger partial charge >= 0.3 is 54.4 Å². The molecule has 6 heavy (non-hydrogen) atoms. The molecule has 0 unspecified atom stereocenters. The van der Waals surface area contributed by atoms with E-state index in [1.807, 2.05) is 0 Å². The molecule has 0 aliphatic rings. The predicted octanol–water partition coefficient (Wildman–Crippen LogP) is 1.56. The van der Waals surface area contributed by atoms with Gasteiger partial charge in [-0.1, -0.05) is 0 Å². The van der Waals surface area contributed by atoms with Crippen molar-refractivity contribution in [1.29, 1.82) is 0 Å². The molecule has 0 saturated carbocycles. The average molecular weight is 265 g/mol. The first kappa shape index (κ1) is 7.09. The van der Waals surface area contributed by atoms with Crippen molar-refractivity contribution in [1.82, 2.24) is 0 Å². The summed E-state index contributed by atoms with van der Waals surface area (Å²) in [7, 11) is 0. The second-order valence-corrected chi connectivity index (χ2v) is 11.6. The van der Waals surface area contributed by atoms with E-state index in [0.717, 1.165) is 0 Å². The summed E-state index contributed by atoms with van der Waals surface area (Å²) in [5.74, 6) is 0. The molecule has 0 saturated heterocycles. The van der Waals surface area contributed by atoms with Crippen molar-refractivity contribution >= 4 is 5.49 Å². The van der Waals surface area contributed by atoms with Gasteiger partial charge in [0.25, 0.3) is 0 Å². The molecule has 0 aromatic rings. The first-order valence-corrected chi connectivity index (χ1v) is 9.67. The Bertz CT molecular complexity index is 45.5. The molecule has 0 fully saturated rings. The first-order valence-electron chi connectivity index (χ1n) is 2.37. The van der Waals surface area contributed by atoms with Crippen LogP contribution >= 0.6 is 0 Å². The van der Waals surface area contributed by atoms with Crippen LogP contribution in [-0.2, 0) is 23.0 Å². The fourth-order valence-electron chi connectivity index (χ4n) is 0.250. The Morgan fingerprint density at radius 3 is 1.67 bits per heavy atom. The second-order valence-electron chi connectivity index (χ2n) is 1.31. The van der Waals surface area contributed by atoms with E-state index < -0.39 is 0 Å². The normalized spacial score (nSPS) is 8.67. The Kier molecular flexibility index (Phi) is 5.02. The summed E-state index contributed by atoms with van der Waals surface area (Å²) in [6.45, 7) is 4.62. The zero-order valence-electron chi connectivity index (χ0n) is 4.41. The monoisotopic (exact) mass is 266 g/mol. The third-order valence-electron chi connectivity index (χ3n) is 0.854. The quantitative estimate of drug-likeness (QED) is 0.664. The SMILES string of the molecule is CC[Si](=[Hf+2])CC. The standard InChI is InChI=1S/C4H10Si.Hf/c1-3-5-4-2;/h3-4H2,1-2H3;/q;+2. The molecule has 0 aliphatic carbocycles. The van der Waals surface area contributed by atoms with Gasteiger partial charge in [-0.3, -0.25) is 0 Å². The summed E-state index contributed by atoms with van der Waals surface area (Å²) in [5, 5.41) is 0. The van der Waals surface area contributed by atoms with Gasteiger partial charge in [0.05, 0.1) is 0 Å². The van der Waals surface area contributed by atoms with Crippen molar-refractivity contribution in [3.05, 3.63) is 0 Å². The molecule has 2 heteroatoms. The molecule has 0 atom stereocenters. The molecule has 0 aromatic carbocycles. The minimum atomic E-state index is 0.271. The van der Waals surface area contributed by atoms with E-state index in [1.54, 1.807) is 0 Å². The van der Waals surface area contributed by atoms with E-state index in [1.165, 1.54) is 35.1 Å². The van der Waals surface area contributed by atoms with E-state index in [4.69, 9.17) is 0 Å². The van der Waals surface area contributed by atoms with Crippen molar-refractivity contribution in [2.45, 2.75) is 25.9 Å². The summed E-state index contributed by atoms with van der Waals surface area (Å²) in [6.07, 6.45) is 0. The van der Waals surface area contributed by atoms with Gasteiger partial charge in [-0.2, -0.15) is 0 Å². The molecule has 0 rings (SSSR count). The predicted molar refractivity (Wildman–Crippen MR) is 26.7 cm³/mol. The van der Waals surface area contributed by atoms with Gasteiger partial charge in [0.15, 0.2) is 0 Å². The summed E-state index contributed by atoms with van der Waals surface area (Å²) < 4.78 is 0. The van der Waals surface area contributed by atoms with Gasteiger partial charge in [0.1, 0.15) is 0 Å². The summed E-state index contributed by atoms with van der Waals surface area (Å²) in [4.78, 5) is 0. The van der Waals surface area contributed by atoms with Crippen LogP contribution < -0.4 is 0 Å². The van der Waals surface area contributed by atoms with Crippen LogP contribution in [0.4, 0.5) is 0 Å². The summed E-state index contributed by atoms with van der Waals surface area (Å²) >= 11 is 1.49. The number of hydrogen-bond acceptors (Lipinski definition) is 0. The topological polar surface area (TPSA) is 0 Å². The molecule has 32 valence electrons. The Morgan fingerprint density at radius 2 is 1.67 bits per heavy atom. The van der Waals surface area contributed by atoms with Crippen molar-refractivity contribution in [2.24, 2.45) is 0 Å². The van der Waals surface area contributed by atoms with E-state index in [9.17, 15) is 0 Å². The van der Waals surface area contributed by atoms with Gasteiger partial charge in [0, 0.05) is 0 Å². The van der Waals surface area contributed by atoms with Crippen LogP contribution in [0.1, 0.15) is 13.8 Å². The van der Waals surface area contributed by atoms with Crippen LogP contribution in [0.25, 0.3) is 0 Å². The van der Waals surface area contributed by atoms with Crippen LogP contribution in [0.2, 0.25) is 12.1 Å². The van der Waals surface area contributed by atoms with Crippen molar-refractivity contribution in [2.75, 3.05) is 0 Å². The zero-order chi connectivity index (χ0) is 4.99. The Labute approximate surface area is 54.4 Å². The van der Waals surface area contributed by atoms with Crippen LogP contribution in [-0.4, -0.2) is 5.49 Å². The van der Waals surface area contributed by atoms with Gasteiger partial charge in [-0.05, 0) is 0 Å². The van der Waals surface area contributed by atoms with Crippen molar-refractivity contribution in [3.8, 4) is 0 Å². The third kappa shape index (κ3) is 3.28. The molecule has 0 nitrogen and oxygen atoms in total. The molecule has 0 spiro atoms. The second kappa shape index (κ2) is 4.25. The third-order valence-corrected chi connectivity index (χ3v) is 10.2. The fraction of sp³-hybridized carbons (Fsp3) is 1.00. The Balaban J connectivity index is 2.99. The molecule has 0 aliphatic heterocycles. The molecule has 0 aromatic heterocycles. The fourth-order valence-corrected chi connectivity index (χ4v) is 0.750. The molecule has 0 bridgehead atoms. The maximum atomic E-state index is 2.31. The summed E-state index contributed by atoms with van der Waals surface area (Å²) in [6, 6.07) is 2.99. The first-order chi connectivity index (χ1) is 2.81. The van der Waals surface area contributed by atoms with Crippen LogP contribution in [0.15, 0.2) is 0 Å².